The first kappa shape index (κ1) is 26.0. The highest BCUT2D eigenvalue weighted by molar-refractivity contribution is 7.26. The molecule has 0 spiro atoms. The number of hydrogen-bond acceptors (Lipinski definition) is 2. The predicted molar refractivity (Wildman–Crippen MR) is 176 cm³/mol. The number of fused-ring (bicyclic) bond motifs is 10. The van der Waals surface area contributed by atoms with E-state index in [1.807, 2.05) is 44.4 Å². The molecule has 0 radical (unpaired) electrons. The molecule has 4 aromatic carbocycles. The summed E-state index contributed by atoms with van der Waals surface area (Å²) in [4.78, 5) is 4.90. The molecule has 3 aromatic heterocycles. The van der Waals surface area contributed by atoms with Gasteiger partial charge in [-0.2, -0.15) is 0 Å². The molecule has 0 aliphatic heterocycles. The Kier molecular flexibility index (Phi) is 6.56. The summed E-state index contributed by atoms with van der Waals surface area (Å²) in [6.07, 6.45) is 3.67. The van der Waals surface area contributed by atoms with Gasteiger partial charge in [0.25, 0.3) is 0 Å². The van der Waals surface area contributed by atoms with E-state index < -0.39 is 0 Å². The minimum Gasteiger partial charge on any atom is -0.308 e. The molecule has 0 bridgehead atoms. The van der Waals surface area contributed by atoms with Crippen molar-refractivity contribution in [2.24, 2.45) is 0 Å². The summed E-state index contributed by atoms with van der Waals surface area (Å²) < 4.78 is 5.05. The van der Waals surface area contributed by atoms with Gasteiger partial charge < -0.3 is 4.57 Å². The molecule has 1 aliphatic carbocycles. The van der Waals surface area contributed by atoms with Crippen LogP contribution in [-0.4, -0.2) is 9.55 Å². The van der Waals surface area contributed by atoms with E-state index in [2.05, 4.69) is 110 Å². The molecule has 0 saturated heterocycles. The van der Waals surface area contributed by atoms with Crippen LogP contribution in [0.5, 0.6) is 0 Å². The fraction of sp³-hybridized carbons (Fsp3) is 0.162. The summed E-state index contributed by atoms with van der Waals surface area (Å²) in [6.45, 7) is 13.9. The zero-order chi connectivity index (χ0) is 28.0. The Labute approximate surface area is 240 Å². The van der Waals surface area contributed by atoms with E-state index in [-0.39, 0.29) is 5.41 Å². The third-order valence-electron chi connectivity index (χ3n) is 7.86. The highest BCUT2D eigenvalue weighted by Gasteiger charge is 2.35. The Balaban J connectivity index is 0.000000545. The summed E-state index contributed by atoms with van der Waals surface area (Å²) in [6, 6.07) is 33.3. The van der Waals surface area contributed by atoms with Crippen LogP contribution in [0.1, 0.15) is 45.7 Å². The number of nitrogens with zero attached hydrogens (tertiary/aromatic N) is 2. The third-order valence-corrected chi connectivity index (χ3v) is 9.06. The molecule has 0 amide bonds. The lowest BCUT2D eigenvalue weighted by Crippen LogP contribution is -2.15. The average molecular weight is 539 g/mol. The smallest absolute Gasteiger partial charge is 0.0977 e. The topological polar surface area (TPSA) is 17.8 Å². The normalized spacial score (nSPS) is 12.9. The molecule has 7 aromatic rings. The van der Waals surface area contributed by atoms with E-state index in [4.69, 9.17) is 4.98 Å². The number of thiophene rings is 1. The third kappa shape index (κ3) is 3.72. The van der Waals surface area contributed by atoms with Gasteiger partial charge in [0.1, 0.15) is 0 Å². The van der Waals surface area contributed by atoms with Crippen molar-refractivity contribution in [1.29, 1.82) is 0 Å². The SMILES string of the molecule is C=CC.CC.CC1(C)c2ccccc2-c2ccc(-n3c4cccnc4c4c5sc6ccccc6c5ccc43)cc21. The second-order valence-electron chi connectivity index (χ2n) is 10.4. The summed E-state index contributed by atoms with van der Waals surface area (Å²) in [5, 5.41) is 3.89. The lowest BCUT2D eigenvalue weighted by molar-refractivity contribution is 0.660. The zero-order valence-corrected chi connectivity index (χ0v) is 24.6. The van der Waals surface area contributed by atoms with Gasteiger partial charge in [-0.15, -0.1) is 17.9 Å². The first-order valence-electron chi connectivity index (χ1n) is 14.1. The van der Waals surface area contributed by atoms with Gasteiger partial charge in [-0.3, -0.25) is 4.98 Å². The van der Waals surface area contributed by atoms with Gasteiger partial charge in [-0.25, -0.2) is 0 Å². The number of pyridine rings is 1. The fourth-order valence-corrected chi connectivity index (χ4v) is 7.45. The second-order valence-corrected chi connectivity index (χ2v) is 11.5. The Morgan fingerprint density at radius 3 is 2.33 bits per heavy atom. The minimum absolute atomic E-state index is 0.0301. The van der Waals surface area contributed by atoms with Crippen LogP contribution in [0.15, 0.2) is 110 Å². The van der Waals surface area contributed by atoms with Gasteiger partial charge in [0.05, 0.1) is 16.6 Å². The molecule has 198 valence electrons. The molecule has 0 unspecified atom stereocenters. The van der Waals surface area contributed by atoms with Gasteiger partial charge in [0.15, 0.2) is 0 Å². The number of aromatic nitrogens is 2. The van der Waals surface area contributed by atoms with Crippen molar-refractivity contribution in [3.8, 4) is 16.8 Å². The van der Waals surface area contributed by atoms with Crippen molar-refractivity contribution >= 4 is 53.4 Å². The summed E-state index contributed by atoms with van der Waals surface area (Å²) in [5.74, 6) is 0. The summed E-state index contributed by atoms with van der Waals surface area (Å²) in [5.41, 5.74) is 10.1. The average Bonchev–Trinajstić information content (AvgIpc) is 3.61. The second kappa shape index (κ2) is 10.1. The molecule has 0 atom stereocenters. The number of benzene rings is 4. The quantitative estimate of drug-likeness (QED) is 0.190. The Morgan fingerprint density at radius 2 is 1.50 bits per heavy atom. The maximum Gasteiger partial charge on any atom is 0.0977 e. The van der Waals surface area contributed by atoms with E-state index in [9.17, 15) is 0 Å². The van der Waals surface area contributed by atoms with Gasteiger partial charge in [-0.05, 0) is 65.6 Å². The molecule has 0 N–H and O–H groups in total. The first-order chi connectivity index (χ1) is 19.5. The van der Waals surface area contributed by atoms with E-state index in [1.54, 1.807) is 6.08 Å². The van der Waals surface area contributed by atoms with Gasteiger partial charge in [-0.1, -0.05) is 88.4 Å². The van der Waals surface area contributed by atoms with Gasteiger partial charge in [0.2, 0.25) is 0 Å². The Morgan fingerprint density at radius 1 is 0.775 bits per heavy atom. The molecular weight excluding hydrogens is 504 g/mol. The van der Waals surface area contributed by atoms with Crippen molar-refractivity contribution in [2.45, 2.75) is 40.0 Å². The molecule has 8 rings (SSSR count). The number of rotatable bonds is 1. The predicted octanol–water partition coefficient (Wildman–Crippen LogP) is 11.1. The van der Waals surface area contributed by atoms with Crippen molar-refractivity contribution in [3.63, 3.8) is 0 Å². The van der Waals surface area contributed by atoms with Crippen LogP contribution in [0.25, 0.3) is 58.9 Å². The molecule has 3 heterocycles. The number of hydrogen-bond donors (Lipinski definition) is 0. The standard InChI is InChI=1S/C32H22N2S.C3H6.C2H6/c1-32(2)24-10-5-3-8-20(24)21-14-13-19(18-25(21)32)34-26-16-15-23-22-9-4-6-12-28(22)35-31(23)29(26)30-27(34)11-7-17-33-30;1-3-2;1-2/h3-18H,1-2H3;3H,1H2,2H3;1-2H3. The van der Waals surface area contributed by atoms with Crippen molar-refractivity contribution in [3.05, 3.63) is 121 Å². The van der Waals surface area contributed by atoms with Crippen LogP contribution in [0, 0.1) is 0 Å². The maximum atomic E-state index is 4.90. The van der Waals surface area contributed by atoms with E-state index >= 15 is 0 Å². The minimum atomic E-state index is -0.0301. The summed E-state index contributed by atoms with van der Waals surface area (Å²) >= 11 is 1.87. The Hall–Kier alpha value is -4.21. The van der Waals surface area contributed by atoms with Crippen LogP contribution in [-0.2, 0) is 5.41 Å². The molecule has 0 fully saturated rings. The molecule has 0 saturated carbocycles. The number of allylic oxidation sites excluding steroid dienone is 1. The Bertz CT molecular complexity index is 2040. The van der Waals surface area contributed by atoms with E-state index in [0.717, 1.165) is 11.0 Å². The zero-order valence-electron chi connectivity index (χ0n) is 23.8. The van der Waals surface area contributed by atoms with Crippen molar-refractivity contribution in [1.82, 2.24) is 9.55 Å². The molecule has 40 heavy (non-hydrogen) atoms. The van der Waals surface area contributed by atoms with Crippen LogP contribution in [0.2, 0.25) is 0 Å². The van der Waals surface area contributed by atoms with Crippen LogP contribution >= 0.6 is 11.3 Å². The molecule has 2 nitrogen and oxygen atoms in total. The molecule has 1 aliphatic rings. The highest BCUT2D eigenvalue weighted by Crippen LogP contribution is 2.50. The molecular formula is C37H34N2S. The van der Waals surface area contributed by atoms with E-state index in [1.165, 1.54) is 59.0 Å². The molecule has 3 heteroatoms. The van der Waals surface area contributed by atoms with Crippen molar-refractivity contribution < 1.29 is 0 Å². The van der Waals surface area contributed by atoms with Crippen LogP contribution in [0.4, 0.5) is 0 Å². The fourth-order valence-electron chi connectivity index (χ4n) is 6.20. The lowest BCUT2D eigenvalue weighted by atomic mass is 9.82. The maximum absolute atomic E-state index is 4.90. The lowest BCUT2D eigenvalue weighted by Gasteiger charge is -2.22. The van der Waals surface area contributed by atoms with Crippen molar-refractivity contribution in [2.75, 3.05) is 0 Å². The van der Waals surface area contributed by atoms with Crippen LogP contribution in [0.3, 0.4) is 0 Å². The summed E-state index contributed by atoms with van der Waals surface area (Å²) in [7, 11) is 0. The van der Waals surface area contributed by atoms with Gasteiger partial charge in [0, 0.05) is 42.9 Å². The highest BCUT2D eigenvalue weighted by atomic mass is 32.1. The largest absolute Gasteiger partial charge is 0.308 e. The van der Waals surface area contributed by atoms with Gasteiger partial charge >= 0.3 is 0 Å². The van der Waals surface area contributed by atoms with Crippen LogP contribution < -0.4 is 0 Å². The monoisotopic (exact) mass is 538 g/mol. The van der Waals surface area contributed by atoms with E-state index in [0.29, 0.717) is 0 Å². The first-order valence-corrected chi connectivity index (χ1v) is 14.9.